The first-order chi connectivity index (χ1) is 8.52. The Bertz CT molecular complexity index is 343. The third-order valence-electron chi connectivity index (χ3n) is 4.40. The van der Waals surface area contributed by atoms with E-state index in [1.165, 1.54) is 32.1 Å². The molecule has 19 heavy (non-hydrogen) atoms. The van der Waals surface area contributed by atoms with Gasteiger partial charge in [0, 0.05) is 13.1 Å². The molecule has 2 rings (SSSR count). The summed E-state index contributed by atoms with van der Waals surface area (Å²) in [6.07, 6.45) is 7.34. The summed E-state index contributed by atoms with van der Waals surface area (Å²) in [5, 5.41) is 0. The lowest BCUT2D eigenvalue weighted by molar-refractivity contribution is -0.134. The van der Waals surface area contributed by atoms with Gasteiger partial charge in [-0.15, -0.1) is 12.4 Å². The average Bonchev–Trinajstić information content (AvgIpc) is 2.72. The van der Waals surface area contributed by atoms with Crippen molar-refractivity contribution in [3.8, 4) is 0 Å². The van der Waals surface area contributed by atoms with Crippen LogP contribution in [-0.4, -0.2) is 35.8 Å². The maximum Gasteiger partial charge on any atom is 0.240 e. The highest BCUT2D eigenvalue weighted by molar-refractivity contribution is 5.87. The van der Waals surface area contributed by atoms with E-state index in [-0.39, 0.29) is 24.7 Å². The number of rotatable bonds is 3. The Morgan fingerprint density at radius 1 is 1.16 bits per heavy atom. The van der Waals surface area contributed by atoms with Gasteiger partial charge in [-0.05, 0) is 24.7 Å². The number of nitrogens with two attached hydrogens (primary N) is 2. The Morgan fingerprint density at radius 2 is 1.79 bits per heavy atom. The Hall–Kier alpha value is -0.810. The number of hydrogen-bond acceptors (Lipinski definition) is 3. The number of carbonyl (C=O) groups excluding carboxylic acids is 2. The van der Waals surface area contributed by atoms with Gasteiger partial charge in [0.15, 0.2) is 0 Å². The Balaban J connectivity index is 0.00000180. The maximum absolute atomic E-state index is 12.1. The SMILES string of the molecule is Cl.NC(=O)CC(N)C(=O)N1CCC2(CCCCC2)C1. The summed E-state index contributed by atoms with van der Waals surface area (Å²) in [5.41, 5.74) is 11.1. The fourth-order valence-corrected chi connectivity index (χ4v) is 3.37. The summed E-state index contributed by atoms with van der Waals surface area (Å²) >= 11 is 0. The molecule has 2 amide bonds. The molecule has 1 saturated heterocycles. The number of hydrogen-bond donors (Lipinski definition) is 2. The monoisotopic (exact) mass is 289 g/mol. The van der Waals surface area contributed by atoms with Crippen LogP contribution in [-0.2, 0) is 9.59 Å². The molecule has 1 unspecified atom stereocenters. The molecule has 6 heteroatoms. The van der Waals surface area contributed by atoms with Crippen LogP contribution < -0.4 is 11.5 Å². The molecular weight excluding hydrogens is 266 g/mol. The lowest BCUT2D eigenvalue weighted by Crippen LogP contribution is -2.45. The van der Waals surface area contributed by atoms with Crippen LogP contribution in [0, 0.1) is 5.41 Å². The topological polar surface area (TPSA) is 89.4 Å². The van der Waals surface area contributed by atoms with Gasteiger partial charge in [0.2, 0.25) is 11.8 Å². The Morgan fingerprint density at radius 3 is 2.37 bits per heavy atom. The number of nitrogens with zero attached hydrogens (tertiary/aromatic N) is 1. The van der Waals surface area contributed by atoms with E-state index in [1.54, 1.807) is 0 Å². The van der Waals surface area contributed by atoms with Crippen LogP contribution in [0.25, 0.3) is 0 Å². The Kier molecular flexibility index (Phi) is 5.62. The summed E-state index contributed by atoms with van der Waals surface area (Å²) in [4.78, 5) is 24.7. The number of primary amides is 1. The second-order valence-corrected chi connectivity index (χ2v) is 5.85. The largest absolute Gasteiger partial charge is 0.370 e. The van der Waals surface area contributed by atoms with Crippen LogP contribution in [0.4, 0.5) is 0 Å². The van der Waals surface area contributed by atoms with Crippen LogP contribution in [0.5, 0.6) is 0 Å². The van der Waals surface area contributed by atoms with Crippen molar-refractivity contribution < 1.29 is 9.59 Å². The first kappa shape index (κ1) is 16.2. The van der Waals surface area contributed by atoms with E-state index in [1.807, 2.05) is 4.90 Å². The molecule has 4 N–H and O–H groups in total. The van der Waals surface area contributed by atoms with Crippen molar-refractivity contribution in [2.24, 2.45) is 16.9 Å². The minimum atomic E-state index is -0.763. The lowest BCUT2D eigenvalue weighted by Gasteiger charge is -2.33. The fraction of sp³-hybridized carbons (Fsp3) is 0.846. The number of halogens is 1. The number of carbonyl (C=O) groups is 2. The van der Waals surface area contributed by atoms with Crippen LogP contribution in [0.1, 0.15) is 44.9 Å². The predicted molar refractivity (Wildman–Crippen MR) is 75.7 cm³/mol. The number of amides is 2. The normalized spacial score (nSPS) is 22.9. The molecule has 5 nitrogen and oxygen atoms in total. The molecule has 1 heterocycles. The van der Waals surface area contributed by atoms with Gasteiger partial charge in [0.05, 0.1) is 12.5 Å². The molecule has 1 atom stereocenters. The molecule has 1 aliphatic carbocycles. The summed E-state index contributed by atoms with van der Waals surface area (Å²) < 4.78 is 0. The molecule has 0 radical (unpaired) electrons. The molecule has 1 aliphatic heterocycles. The van der Waals surface area contributed by atoms with Crippen LogP contribution in [0.15, 0.2) is 0 Å². The molecular formula is C13H24ClN3O2. The van der Waals surface area contributed by atoms with E-state index >= 15 is 0 Å². The molecule has 0 aromatic rings. The molecule has 1 saturated carbocycles. The molecule has 2 fully saturated rings. The first-order valence-electron chi connectivity index (χ1n) is 6.85. The first-order valence-corrected chi connectivity index (χ1v) is 6.85. The zero-order valence-electron chi connectivity index (χ0n) is 11.3. The molecule has 1 spiro atoms. The highest BCUT2D eigenvalue weighted by Gasteiger charge is 2.41. The lowest BCUT2D eigenvalue weighted by atomic mass is 9.73. The van der Waals surface area contributed by atoms with E-state index < -0.39 is 11.9 Å². The van der Waals surface area contributed by atoms with Crippen molar-refractivity contribution >= 4 is 24.2 Å². The van der Waals surface area contributed by atoms with Gasteiger partial charge in [-0.25, -0.2) is 0 Å². The van der Waals surface area contributed by atoms with Crippen molar-refractivity contribution in [1.29, 1.82) is 0 Å². The molecule has 0 aromatic carbocycles. The highest BCUT2D eigenvalue weighted by atomic mass is 35.5. The van der Waals surface area contributed by atoms with Crippen LogP contribution in [0.2, 0.25) is 0 Å². The van der Waals surface area contributed by atoms with Crippen LogP contribution in [0.3, 0.4) is 0 Å². The minimum Gasteiger partial charge on any atom is -0.370 e. The van der Waals surface area contributed by atoms with Gasteiger partial charge in [0.1, 0.15) is 0 Å². The predicted octanol–water partition coefficient (Wildman–Crippen LogP) is 0.794. The summed E-state index contributed by atoms with van der Waals surface area (Å²) in [6.45, 7) is 1.60. The van der Waals surface area contributed by atoms with Gasteiger partial charge in [-0.1, -0.05) is 19.3 Å². The van der Waals surface area contributed by atoms with Crippen molar-refractivity contribution in [2.75, 3.05) is 13.1 Å². The Labute approximate surface area is 120 Å². The second kappa shape index (κ2) is 6.57. The average molecular weight is 290 g/mol. The summed E-state index contributed by atoms with van der Waals surface area (Å²) in [5.74, 6) is -0.626. The van der Waals surface area contributed by atoms with E-state index in [2.05, 4.69) is 0 Å². The zero-order chi connectivity index (χ0) is 13.2. The van der Waals surface area contributed by atoms with Gasteiger partial charge in [0.25, 0.3) is 0 Å². The molecule has 110 valence electrons. The highest BCUT2D eigenvalue weighted by Crippen LogP contribution is 2.43. The third kappa shape index (κ3) is 3.83. The van der Waals surface area contributed by atoms with Gasteiger partial charge >= 0.3 is 0 Å². The van der Waals surface area contributed by atoms with Crippen LogP contribution >= 0.6 is 12.4 Å². The summed E-state index contributed by atoms with van der Waals surface area (Å²) in [6, 6.07) is -0.763. The van der Waals surface area contributed by atoms with Crippen molar-refractivity contribution in [2.45, 2.75) is 51.0 Å². The van der Waals surface area contributed by atoms with Crippen molar-refractivity contribution in [3.63, 3.8) is 0 Å². The number of likely N-dealkylation sites (tertiary alicyclic amines) is 1. The van der Waals surface area contributed by atoms with Gasteiger partial charge in [-0.3, -0.25) is 9.59 Å². The summed E-state index contributed by atoms with van der Waals surface area (Å²) in [7, 11) is 0. The zero-order valence-corrected chi connectivity index (χ0v) is 12.1. The quantitative estimate of drug-likeness (QED) is 0.805. The molecule has 0 bridgehead atoms. The van der Waals surface area contributed by atoms with Crippen molar-refractivity contribution in [3.05, 3.63) is 0 Å². The fourth-order valence-electron chi connectivity index (χ4n) is 3.37. The third-order valence-corrected chi connectivity index (χ3v) is 4.40. The molecule has 0 aromatic heterocycles. The van der Waals surface area contributed by atoms with E-state index in [4.69, 9.17) is 11.5 Å². The smallest absolute Gasteiger partial charge is 0.240 e. The van der Waals surface area contributed by atoms with E-state index in [9.17, 15) is 9.59 Å². The standard InChI is InChI=1S/C13H23N3O2.ClH/c14-10(8-11(15)17)12(18)16-7-6-13(9-16)4-2-1-3-5-13;/h10H,1-9,14H2,(H2,15,17);1H. The second-order valence-electron chi connectivity index (χ2n) is 5.85. The van der Waals surface area contributed by atoms with E-state index in [0.29, 0.717) is 5.41 Å². The minimum absolute atomic E-state index is 0. The van der Waals surface area contributed by atoms with E-state index in [0.717, 1.165) is 19.5 Å². The van der Waals surface area contributed by atoms with Gasteiger partial charge < -0.3 is 16.4 Å². The maximum atomic E-state index is 12.1. The van der Waals surface area contributed by atoms with Crippen molar-refractivity contribution in [1.82, 2.24) is 4.90 Å². The molecule has 2 aliphatic rings. The van der Waals surface area contributed by atoms with Gasteiger partial charge in [-0.2, -0.15) is 0 Å².